The molecule has 0 saturated heterocycles. The number of hydrogen-bond acceptors (Lipinski definition) is 1. The van der Waals surface area contributed by atoms with Crippen molar-refractivity contribution in [2.24, 2.45) is 0 Å². The van der Waals surface area contributed by atoms with E-state index in [1.807, 2.05) is 6.07 Å². The van der Waals surface area contributed by atoms with Gasteiger partial charge in [-0.3, -0.25) is 0 Å². The third-order valence-corrected chi connectivity index (χ3v) is 5.73. The van der Waals surface area contributed by atoms with Gasteiger partial charge < -0.3 is 5.73 Å². The van der Waals surface area contributed by atoms with Crippen molar-refractivity contribution in [3.8, 4) is 22.3 Å². The number of fused-ring (bicyclic) bond motifs is 6. The first kappa shape index (κ1) is 14.6. The van der Waals surface area contributed by atoms with Crippen LogP contribution in [0, 0.1) is 0 Å². The summed E-state index contributed by atoms with van der Waals surface area (Å²) in [6.07, 6.45) is 0. The van der Waals surface area contributed by atoms with Crippen molar-refractivity contribution in [3.63, 3.8) is 0 Å². The second kappa shape index (κ2) is 5.21. The molecule has 0 spiro atoms. The highest BCUT2D eigenvalue weighted by atomic mass is 14.5. The van der Waals surface area contributed by atoms with Gasteiger partial charge in [0, 0.05) is 5.69 Å². The largest absolute Gasteiger partial charge is 0.399 e. The molecule has 0 aliphatic heterocycles. The summed E-state index contributed by atoms with van der Waals surface area (Å²) >= 11 is 0. The first-order valence-electron chi connectivity index (χ1n) is 9.26. The van der Waals surface area contributed by atoms with Gasteiger partial charge in [0.2, 0.25) is 0 Å². The van der Waals surface area contributed by atoms with E-state index >= 15 is 0 Å². The third kappa shape index (κ3) is 1.89. The molecule has 0 amide bonds. The molecule has 1 nitrogen and oxygen atoms in total. The van der Waals surface area contributed by atoms with Crippen molar-refractivity contribution in [2.45, 2.75) is 0 Å². The van der Waals surface area contributed by atoms with E-state index in [2.05, 4.69) is 84.9 Å². The summed E-state index contributed by atoms with van der Waals surface area (Å²) in [6, 6.07) is 32.4. The number of hydrogen-bond donors (Lipinski definition) is 1. The van der Waals surface area contributed by atoms with Crippen molar-refractivity contribution >= 4 is 16.8 Å². The van der Waals surface area contributed by atoms with Crippen LogP contribution in [0.3, 0.4) is 0 Å². The summed E-state index contributed by atoms with van der Waals surface area (Å²) in [6.45, 7) is 0. The smallest absolute Gasteiger partial charge is 0.0320 e. The zero-order valence-electron chi connectivity index (χ0n) is 14.7. The monoisotopic (exact) mass is 343 g/mol. The quantitative estimate of drug-likeness (QED) is 0.325. The molecule has 126 valence electrons. The number of nitrogens with two attached hydrogens (primary N) is 1. The Morgan fingerprint density at radius 2 is 0.741 bits per heavy atom. The summed E-state index contributed by atoms with van der Waals surface area (Å²) in [5.74, 6) is 0. The first-order valence-corrected chi connectivity index (χ1v) is 9.26. The van der Waals surface area contributed by atoms with Crippen molar-refractivity contribution in [1.29, 1.82) is 0 Å². The van der Waals surface area contributed by atoms with Crippen molar-refractivity contribution in [3.05, 3.63) is 113 Å². The zero-order valence-corrected chi connectivity index (χ0v) is 14.7. The molecule has 4 aromatic rings. The average Bonchev–Trinajstić information content (AvgIpc) is 3.20. The molecule has 0 radical (unpaired) electrons. The fraction of sp³-hybridized carbons (Fsp3) is 0. The Morgan fingerprint density at radius 3 is 1.22 bits per heavy atom. The number of rotatable bonds is 0. The van der Waals surface area contributed by atoms with Crippen LogP contribution < -0.4 is 5.73 Å². The Bertz CT molecular complexity index is 1230. The molecule has 2 N–H and O–H groups in total. The Morgan fingerprint density at radius 1 is 0.370 bits per heavy atom. The number of anilines is 1. The summed E-state index contributed by atoms with van der Waals surface area (Å²) < 4.78 is 0. The van der Waals surface area contributed by atoms with Gasteiger partial charge >= 0.3 is 0 Å². The molecular weight excluding hydrogens is 326 g/mol. The van der Waals surface area contributed by atoms with Crippen molar-refractivity contribution < 1.29 is 0 Å². The van der Waals surface area contributed by atoms with Crippen LogP contribution in [0.4, 0.5) is 5.69 Å². The molecule has 6 rings (SSSR count). The standard InChI is InChI=1S/C26H17N/c27-16-13-14-20-19-9-3-6-12-23(19)26(24(20)15-16)25-21-10-4-1-7-17(21)18-8-2-5-11-22(18)25/h1-15H,27H2. The lowest BCUT2D eigenvalue weighted by molar-refractivity contribution is 1.62. The van der Waals surface area contributed by atoms with Gasteiger partial charge in [-0.1, -0.05) is 78.9 Å². The maximum atomic E-state index is 6.19. The van der Waals surface area contributed by atoms with E-state index in [1.54, 1.807) is 0 Å². The van der Waals surface area contributed by atoms with E-state index < -0.39 is 0 Å². The normalized spacial score (nSPS) is 13.2. The lowest BCUT2D eigenvalue weighted by Gasteiger charge is -2.11. The van der Waals surface area contributed by atoms with Crippen LogP contribution in [0.2, 0.25) is 0 Å². The third-order valence-electron chi connectivity index (χ3n) is 5.73. The topological polar surface area (TPSA) is 26.0 Å². The summed E-state index contributed by atoms with van der Waals surface area (Å²) in [7, 11) is 0. The Hall–Kier alpha value is -3.58. The molecule has 2 aliphatic carbocycles. The molecular formula is C26H17N. The second-order valence-electron chi connectivity index (χ2n) is 7.19. The lowest BCUT2D eigenvalue weighted by atomic mass is 9.91. The molecule has 0 atom stereocenters. The predicted octanol–water partition coefficient (Wildman–Crippen LogP) is 6.24. The van der Waals surface area contributed by atoms with E-state index in [0.29, 0.717) is 0 Å². The van der Waals surface area contributed by atoms with Gasteiger partial charge in [0.1, 0.15) is 0 Å². The maximum Gasteiger partial charge on any atom is 0.0320 e. The van der Waals surface area contributed by atoms with E-state index in [9.17, 15) is 0 Å². The van der Waals surface area contributed by atoms with Crippen LogP contribution in [-0.2, 0) is 0 Å². The van der Waals surface area contributed by atoms with Crippen LogP contribution >= 0.6 is 0 Å². The molecule has 4 aromatic carbocycles. The summed E-state index contributed by atoms with van der Waals surface area (Å²) in [5.41, 5.74) is 19.9. The van der Waals surface area contributed by atoms with Crippen LogP contribution in [0.15, 0.2) is 91.0 Å². The maximum absolute atomic E-state index is 6.19. The molecule has 2 aliphatic rings. The molecule has 0 unspecified atom stereocenters. The van der Waals surface area contributed by atoms with Crippen LogP contribution in [0.25, 0.3) is 33.4 Å². The Labute approximate surface area is 158 Å². The molecule has 0 heterocycles. The zero-order chi connectivity index (χ0) is 18.0. The minimum atomic E-state index is 0.805. The SMILES string of the molecule is Nc1ccc2c(c1)C(=C1c3ccccc3-c3ccccc31)c1ccccc1-2. The minimum absolute atomic E-state index is 0.805. The highest BCUT2D eigenvalue weighted by Crippen LogP contribution is 2.54. The van der Waals surface area contributed by atoms with E-state index in [-0.39, 0.29) is 0 Å². The highest BCUT2D eigenvalue weighted by Gasteiger charge is 2.31. The van der Waals surface area contributed by atoms with Crippen LogP contribution in [-0.4, -0.2) is 0 Å². The van der Waals surface area contributed by atoms with Gasteiger partial charge in [0.15, 0.2) is 0 Å². The fourth-order valence-electron chi connectivity index (χ4n) is 4.64. The van der Waals surface area contributed by atoms with Gasteiger partial charge in [0.05, 0.1) is 0 Å². The second-order valence-corrected chi connectivity index (χ2v) is 7.19. The lowest BCUT2D eigenvalue weighted by Crippen LogP contribution is -1.92. The Kier molecular flexibility index (Phi) is 2.81. The van der Waals surface area contributed by atoms with Gasteiger partial charge in [-0.05, 0) is 67.8 Å². The fourth-order valence-corrected chi connectivity index (χ4v) is 4.64. The molecule has 0 fully saturated rings. The van der Waals surface area contributed by atoms with Crippen LogP contribution in [0.5, 0.6) is 0 Å². The molecule has 0 saturated carbocycles. The molecule has 0 aromatic heterocycles. The van der Waals surface area contributed by atoms with E-state index in [4.69, 9.17) is 5.73 Å². The molecule has 1 heteroatoms. The summed E-state index contributed by atoms with van der Waals surface area (Å²) in [4.78, 5) is 0. The van der Waals surface area contributed by atoms with Crippen molar-refractivity contribution in [1.82, 2.24) is 0 Å². The van der Waals surface area contributed by atoms with Gasteiger partial charge in [-0.25, -0.2) is 0 Å². The van der Waals surface area contributed by atoms with Gasteiger partial charge in [-0.2, -0.15) is 0 Å². The molecule has 27 heavy (non-hydrogen) atoms. The van der Waals surface area contributed by atoms with E-state index in [0.717, 1.165) is 5.69 Å². The van der Waals surface area contributed by atoms with Gasteiger partial charge in [0.25, 0.3) is 0 Å². The summed E-state index contributed by atoms with van der Waals surface area (Å²) in [5, 5.41) is 0. The molecule has 0 bridgehead atoms. The van der Waals surface area contributed by atoms with E-state index in [1.165, 1.54) is 55.7 Å². The highest BCUT2D eigenvalue weighted by molar-refractivity contribution is 6.18. The predicted molar refractivity (Wildman–Crippen MR) is 113 cm³/mol. The van der Waals surface area contributed by atoms with Gasteiger partial charge in [-0.15, -0.1) is 0 Å². The minimum Gasteiger partial charge on any atom is -0.399 e. The first-order chi connectivity index (χ1) is 13.3. The van der Waals surface area contributed by atoms with Crippen LogP contribution in [0.1, 0.15) is 22.3 Å². The Balaban J connectivity index is 1.82. The average molecular weight is 343 g/mol. The number of nitrogen functional groups attached to an aromatic ring is 1. The van der Waals surface area contributed by atoms with Crippen molar-refractivity contribution in [2.75, 3.05) is 5.73 Å². The number of benzene rings is 4.